The second kappa shape index (κ2) is 77.8. The van der Waals surface area contributed by atoms with Gasteiger partial charge in [0.05, 0.1) is 0 Å². The van der Waals surface area contributed by atoms with E-state index in [9.17, 15) is 0 Å². The Kier molecular flexibility index (Phi) is 1610. The molecule has 0 aliphatic rings. The van der Waals surface area contributed by atoms with Crippen molar-refractivity contribution >= 4 is 29.8 Å². The van der Waals surface area contributed by atoms with Gasteiger partial charge in [0, 0.05) is 0 Å². The first-order valence-electron chi connectivity index (χ1n) is 0. The fourth-order valence-corrected chi connectivity index (χ4v) is 0. The topological polar surface area (TPSA) is 31.5 Å². The largest absolute Gasteiger partial charge is 3.00 e. The van der Waals surface area contributed by atoms with Gasteiger partial charge in [0.15, 0.2) is 0 Å². The van der Waals surface area contributed by atoms with Crippen LogP contribution >= 0.6 is 12.4 Å². The standard InChI is InChI=1S/Al.4ClH.H2O/h;4*1H;1H2/q+3;;;;;/p-3. The molecule has 0 saturated carbocycles. The number of halogens is 4. The Labute approximate surface area is 72.3 Å². The van der Waals surface area contributed by atoms with E-state index in [1.54, 1.807) is 0 Å². The second-order valence-corrected chi connectivity index (χ2v) is 0. The van der Waals surface area contributed by atoms with Gasteiger partial charge in [0.2, 0.25) is 0 Å². The molecule has 0 saturated heterocycles. The summed E-state index contributed by atoms with van der Waals surface area (Å²) in [5.74, 6) is 0. The molecule has 6 heteroatoms. The molecule has 40 valence electrons. The molecule has 0 aliphatic heterocycles. The molecule has 0 unspecified atom stereocenters. The molecule has 0 bridgehead atoms. The van der Waals surface area contributed by atoms with Crippen LogP contribution in [0.5, 0.6) is 0 Å². The summed E-state index contributed by atoms with van der Waals surface area (Å²) in [6, 6.07) is 0. The van der Waals surface area contributed by atoms with Gasteiger partial charge in [0.1, 0.15) is 0 Å². The van der Waals surface area contributed by atoms with E-state index in [4.69, 9.17) is 0 Å². The van der Waals surface area contributed by atoms with Gasteiger partial charge in [-0.1, -0.05) is 0 Å². The molecule has 2 N–H and O–H groups in total. The van der Waals surface area contributed by atoms with Gasteiger partial charge in [0.25, 0.3) is 0 Å². The van der Waals surface area contributed by atoms with Crippen LogP contribution in [-0.2, 0) is 0 Å². The van der Waals surface area contributed by atoms with Gasteiger partial charge in [-0.05, 0) is 0 Å². The van der Waals surface area contributed by atoms with E-state index in [1.165, 1.54) is 0 Å². The van der Waals surface area contributed by atoms with Crippen molar-refractivity contribution in [3.05, 3.63) is 0 Å². The second-order valence-electron chi connectivity index (χ2n) is 0. The van der Waals surface area contributed by atoms with Crippen LogP contribution in [-0.4, -0.2) is 22.8 Å². The van der Waals surface area contributed by atoms with Crippen LogP contribution in [0.1, 0.15) is 0 Å². The van der Waals surface area contributed by atoms with Crippen molar-refractivity contribution in [3.8, 4) is 0 Å². The Balaban J connectivity index is 0. The summed E-state index contributed by atoms with van der Waals surface area (Å²) in [5.41, 5.74) is 0. The molecular weight excluding hydrogens is 185 g/mol. The summed E-state index contributed by atoms with van der Waals surface area (Å²) in [6.45, 7) is 0. The Morgan fingerprint density at radius 1 is 0.667 bits per heavy atom. The van der Waals surface area contributed by atoms with Crippen molar-refractivity contribution < 1.29 is 42.7 Å². The van der Waals surface area contributed by atoms with Crippen molar-refractivity contribution in [1.82, 2.24) is 0 Å². The summed E-state index contributed by atoms with van der Waals surface area (Å²) in [6.07, 6.45) is 0. The van der Waals surface area contributed by atoms with E-state index < -0.39 is 0 Å². The third-order valence-electron chi connectivity index (χ3n) is 0. The molecule has 0 aromatic heterocycles. The first-order valence-corrected chi connectivity index (χ1v) is 0. The molecule has 0 amide bonds. The average molecular weight is 188 g/mol. The summed E-state index contributed by atoms with van der Waals surface area (Å²) in [7, 11) is 0. The predicted octanol–water partition coefficient (Wildman–Crippen LogP) is -9.77. The zero-order valence-electron chi connectivity index (χ0n) is 2.62. The van der Waals surface area contributed by atoms with Gasteiger partial charge >= 0.3 is 17.4 Å². The molecule has 0 rings (SSSR count). The summed E-state index contributed by atoms with van der Waals surface area (Å²) >= 11 is 0. The van der Waals surface area contributed by atoms with E-state index in [2.05, 4.69) is 0 Å². The molecule has 0 aromatic rings. The zero-order chi connectivity index (χ0) is 0. The Morgan fingerprint density at radius 3 is 0.667 bits per heavy atom. The molecule has 0 heterocycles. The maximum Gasteiger partial charge on any atom is 3.00 e. The summed E-state index contributed by atoms with van der Waals surface area (Å²) in [4.78, 5) is 0. The number of hydrogen-bond acceptors (Lipinski definition) is 0. The Morgan fingerprint density at radius 2 is 0.667 bits per heavy atom. The monoisotopic (exact) mass is 186 g/mol. The van der Waals surface area contributed by atoms with E-state index >= 15 is 0 Å². The first-order chi connectivity index (χ1) is 0. The Bertz CT molecular complexity index is 7.51. The van der Waals surface area contributed by atoms with Gasteiger partial charge in [-0.15, -0.1) is 12.4 Å². The minimum absolute atomic E-state index is 0. The van der Waals surface area contributed by atoms with Crippen molar-refractivity contribution in [2.75, 3.05) is 0 Å². The molecule has 6 heavy (non-hydrogen) atoms. The van der Waals surface area contributed by atoms with Gasteiger partial charge in [-0.3, -0.25) is 0 Å². The van der Waals surface area contributed by atoms with Crippen molar-refractivity contribution in [2.45, 2.75) is 0 Å². The van der Waals surface area contributed by atoms with Crippen LogP contribution in [0, 0.1) is 0 Å². The first kappa shape index (κ1) is 124. The number of hydrogen-bond donors (Lipinski definition) is 0. The molecule has 0 aromatic carbocycles. The van der Waals surface area contributed by atoms with Crippen LogP contribution < -0.4 is 37.2 Å². The molecule has 0 fully saturated rings. The molecule has 1 nitrogen and oxygen atoms in total. The molecule has 0 spiro atoms. The van der Waals surface area contributed by atoms with Crippen LogP contribution in [0.2, 0.25) is 0 Å². The van der Waals surface area contributed by atoms with Crippen molar-refractivity contribution in [1.29, 1.82) is 0 Å². The molecule has 0 aliphatic carbocycles. The number of rotatable bonds is 0. The fraction of sp³-hybridized carbons (Fsp3) is 0. The van der Waals surface area contributed by atoms with Gasteiger partial charge in [-0.2, -0.15) is 0 Å². The smallest absolute Gasteiger partial charge is 1.00 e. The maximum absolute atomic E-state index is 0. The SMILES string of the molecule is Cl.O.[Al+3].[Cl-].[Cl-].[Cl-]. The maximum atomic E-state index is 0. The van der Waals surface area contributed by atoms with Gasteiger partial charge < -0.3 is 42.7 Å². The molecule has 0 radical (unpaired) electrons. The van der Waals surface area contributed by atoms with Crippen molar-refractivity contribution in [2.24, 2.45) is 0 Å². The molecular formula is H3AlCl4O. The predicted molar refractivity (Wildman–Crippen MR) is 16.6 cm³/mol. The average Bonchev–Trinajstić information content (AvgIpc) is 0. The van der Waals surface area contributed by atoms with Crippen LogP contribution in [0.25, 0.3) is 0 Å². The minimum atomic E-state index is 0. The quantitative estimate of drug-likeness (QED) is 0.338. The zero-order valence-corrected chi connectivity index (χ0v) is 6.86. The Hall–Kier alpha value is 1.65. The van der Waals surface area contributed by atoms with Crippen molar-refractivity contribution in [3.63, 3.8) is 0 Å². The summed E-state index contributed by atoms with van der Waals surface area (Å²) < 4.78 is 0. The van der Waals surface area contributed by atoms with E-state index in [0.717, 1.165) is 0 Å². The van der Waals surface area contributed by atoms with Crippen LogP contribution in [0.4, 0.5) is 0 Å². The summed E-state index contributed by atoms with van der Waals surface area (Å²) in [5, 5.41) is 0. The normalized spacial score (nSPS) is 0. The fourth-order valence-electron chi connectivity index (χ4n) is 0. The third-order valence-corrected chi connectivity index (χ3v) is 0. The van der Waals surface area contributed by atoms with Crippen LogP contribution in [0.3, 0.4) is 0 Å². The third kappa shape index (κ3) is 44.8. The van der Waals surface area contributed by atoms with Gasteiger partial charge in [-0.25, -0.2) is 0 Å². The minimum Gasteiger partial charge on any atom is -1.00 e. The van der Waals surface area contributed by atoms with E-state index in [-0.39, 0.29) is 72.5 Å². The molecule has 0 atom stereocenters. The van der Waals surface area contributed by atoms with Crippen LogP contribution in [0.15, 0.2) is 0 Å². The van der Waals surface area contributed by atoms with E-state index in [0.29, 0.717) is 0 Å². The van der Waals surface area contributed by atoms with E-state index in [1.807, 2.05) is 0 Å².